The number of nitrogens with zero attached hydrogens (tertiary/aromatic N) is 3. The summed E-state index contributed by atoms with van der Waals surface area (Å²) in [6.07, 6.45) is 2.77. The standard InChI is InChI=1S/C13H26N4/c1-15-5-7-16(8-6-15)13-10-17(11-13)12-3-2-4-14-9-12/h12-14H,2-11H2,1H3. The van der Waals surface area contributed by atoms with E-state index in [9.17, 15) is 0 Å². The molecule has 1 unspecified atom stereocenters. The summed E-state index contributed by atoms with van der Waals surface area (Å²) in [5.41, 5.74) is 0. The Bertz CT molecular complexity index is 238. The van der Waals surface area contributed by atoms with Gasteiger partial charge in [0.15, 0.2) is 0 Å². The smallest absolute Gasteiger partial charge is 0.0351 e. The Morgan fingerprint density at radius 1 is 0.941 bits per heavy atom. The Balaban J connectivity index is 1.41. The predicted octanol–water partition coefficient (Wildman–Crippen LogP) is -0.330. The van der Waals surface area contributed by atoms with Gasteiger partial charge in [-0.05, 0) is 26.4 Å². The first-order valence-corrected chi connectivity index (χ1v) is 7.20. The SMILES string of the molecule is CN1CCN(C2CN(C3CCCNC3)C2)CC1. The van der Waals surface area contributed by atoms with Crippen LogP contribution in [0.1, 0.15) is 12.8 Å². The van der Waals surface area contributed by atoms with Crippen molar-refractivity contribution in [3.63, 3.8) is 0 Å². The van der Waals surface area contributed by atoms with Crippen molar-refractivity contribution in [2.24, 2.45) is 0 Å². The number of piperazine rings is 1. The van der Waals surface area contributed by atoms with Gasteiger partial charge >= 0.3 is 0 Å². The van der Waals surface area contributed by atoms with Crippen LogP contribution >= 0.6 is 0 Å². The molecule has 3 heterocycles. The monoisotopic (exact) mass is 238 g/mol. The van der Waals surface area contributed by atoms with Crippen molar-refractivity contribution in [1.82, 2.24) is 20.0 Å². The van der Waals surface area contributed by atoms with Crippen molar-refractivity contribution in [2.45, 2.75) is 24.9 Å². The second-order valence-corrected chi connectivity index (χ2v) is 5.95. The second-order valence-electron chi connectivity index (χ2n) is 5.95. The van der Waals surface area contributed by atoms with Gasteiger partial charge in [0.25, 0.3) is 0 Å². The summed E-state index contributed by atoms with van der Waals surface area (Å²) in [5.74, 6) is 0. The third-order valence-corrected chi connectivity index (χ3v) is 4.73. The minimum absolute atomic E-state index is 0.826. The van der Waals surface area contributed by atoms with Gasteiger partial charge in [0.05, 0.1) is 0 Å². The molecule has 98 valence electrons. The topological polar surface area (TPSA) is 21.8 Å². The van der Waals surface area contributed by atoms with Crippen LogP contribution in [0, 0.1) is 0 Å². The molecule has 17 heavy (non-hydrogen) atoms. The minimum Gasteiger partial charge on any atom is -0.315 e. The fraction of sp³-hybridized carbons (Fsp3) is 1.00. The molecule has 4 nitrogen and oxygen atoms in total. The zero-order valence-electron chi connectivity index (χ0n) is 11.1. The summed E-state index contributed by atoms with van der Waals surface area (Å²) in [7, 11) is 2.23. The Morgan fingerprint density at radius 3 is 2.35 bits per heavy atom. The normalized spacial score (nSPS) is 34.8. The highest BCUT2D eigenvalue weighted by atomic mass is 15.4. The molecule has 1 atom stereocenters. The molecule has 0 aromatic rings. The van der Waals surface area contributed by atoms with E-state index in [0.29, 0.717) is 0 Å². The van der Waals surface area contributed by atoms with Gasteiger partial charge in [-0.1, -0.05) is 0 Å². The second kappa shape index (κ2) is 5.22. The van der Waals surface area contributed by atoms with Crippen LogP contribution in [0.25, 0.3) is 0 Å². The lowest BCUT2D eigenvalue weighted by molar-refractivity contribution is -0.0181. The molecule has 0 bridgehead atoms. The highest BCUT2D eigenvalue weighted by Gasteiger charge is 2.36. The first kappa shape index (κ1) is 11.9. The number of likely N-dealkylation sites (tertiary alicyclic amines) is 1. The number of likely N-dealkylation sites (N-methyl/N-ethyl adjacent to an activating group) is 1. The van der Waals surface area contributed by atoms with Crippen LogP contribution in [-0.4, -0.2) is 86.2 Å². The molecule has 0 amide bonds. The van der Waals surface area contributed by atoms with Crippen molar-refractivity contribution in [1.29, 1.82) is 0 Å². The molecular formula is C13H26N4. The van der Waals surface area contributed by atoms with Crippen LogP contribution < -0.4 is 5.32 Å². The van der Waals surface area contributed by atoms with Crippen LogP contribution in [0.5, 0.6) is 0 Å². The molecule has 3 aliphatic rings. The van der Waals surface area contributed by atoms with Gasteiger partial charge in [-0.2, -0.15) is 0 Å². The predicted molar refractivity (Wildman–Crippen MR) is 70.3 cm³/mol. The zero-order valence-corrected chi connectivity index (χ0v) is 11.1. The first-order valence-electron chi connectivity index (χ1n) is 7.20. The summed E-state index contributed by atoms with van der Waals surface area (Å²) in [6.45, 7) is 10.1. The summed E-state index contributed by atoms with van der Waals surface area (Å²) < 4.78 is 0. The number of nitrogens with one attached hydrogen (secondary N) is 1. The van der Waals surface area contributed by atoms with E-state index in [1.807, 2.05) is 0 Å². The van der Waals surface area contributed by atoms with Gasteiger partial charge in [0.2, 0.25) is 0 Å². The van der Waals surface area contributed by atoms with Gasteiger partial charge in [-0.3, -0.25) is 9.80 Å². The van der Waals surface area contributed by atoms with Gasteiger partial charge in [-0.25, -0.2) is 0 Å². The van der Waals surface area contributed by atoms with Crippen LogP contribution in [0.2, 0.25) is 0 Å². The molecule has 0 aromatic heterocycles. The number of rotatable bonds is 2. The van der Waals surface area contributed by atoms with E-state index in [0.717, 1.165) is 12.1 Å². The van der Waals surface area contributed by atoms with Gasteiger partial charge in [0, 0.05) is 57.9 Å². The van der Waals surface area contributed by atoms with E-state index in [1.165, 1.54) is 65.2 Å². The van der Waals surface area contributed by atoms with E-state index in [-0.39, 0.29) is 0 Å². The maximum atomic E-state index is 3.52. The molecular weight excluding hydrogens is 212 g/mol. The maximum Gasteiger partial charge on any atom is 0.0351 e. The summed E-state index contributed by atoms with van der Waals surface area (Å²) >= 11 is 0. The van der Waals surface area contributed by atoms with Crippen molar-refractivity contribution < 1.29 is 0 Å². The third kappa shape index (κ3) is 2.65. The number of piperidine rings is 1. The van der Waals surface area contributed by atoms with Crippen molar-refractivity contribution in [3.05, 3.63) is 0 Å². The van der Waals surface area contributed by atoms with Crippen LogP contribution in [0.4, 0.5) is 0 Å². The molecule has 0 spiro atoms. The lowest BCUT2D eigenvalue weighted by Gasteiger charge is -2.51. The van der Waals surface area contributed by atoms with Crippen molar-refractivity contribution >= 4 is 0 Å². The summed E-state index contributed by atoms with van der Waals surface area (Å²) in [5, 5.41) is 3.52. The van der Waals surface area contributed by atoms with E-state index in [4.69, 9.17) is 0 Å². The van der Waals surface area contributed by atoms with Gasteiger partial charge in [0.1, 0.15) is 0 Å². The average molecular weight is 238 g/mol. The Kier molecular flexibility index (Phi) is 3.66. The average Bonchev–Trinajstić information content (AvgIpc) is 2.31. The minimum atomic E-state index is 0.826. The fourth-order valence-electron chi connectivity index (χ4n) is 3.35. The van der Waals surface area contributed by atoms with E-state index < -0.39 is 0 Å². The summed E-state index contributed by atoms with van der Waals surface area (Å²) in [6, 6.07) is 1.68. The fourth-order valence-corrected chi connectivity index (χ4v) is 3.35. The van der Waals surface area contributed by atoms with Crippen molar-refractivity contribution in [3.8, 4) is 0 Å². The Hall–Kier alpha value is -0.160. The third-order valence-electron chi connectivity index (χ3n) is 4.73. The molecule has 0 saturated carbocycles. The molecule has 0 radical (unpaired) electrons. The number of hydrogen-bond donors (Lipinski definition) is 1. The van der Waals surface area contributed by atoms with Crippen molar-refractivity contribution in [2.75, 3.05) is 59.4 Å². The molecule has 3 aliphatic heterocycles. The molecule has 3 saturated heterocycles. The largest absolute Gasteiger partial charge is 0.315 e. The van der Waals surface area contributed by atoms with Crippen LogP contribution in [0.3, 0.4) is 0 Å². The van der Waals surface area contributed by atoms with Crippen LogP contribution in [-0.2, 0) is 0 Å². The van der Waals surface area contributed by atoms with Crippen LogP contribution in [0.15, 0.2) is 0 Å². The van der Waals surface area contributed by atoms with Gasteiger partial charge in [-0.15, -0.1) is 0 Å². The lowest BCUT2D eigenvalue weighted by atomic mass is 9.98. The maximum absolute atomic E-state index is 3.52. The van der Waals surface area contributed by atoms with Gasteiger partial charge < -0.3 is 10.2 Å². The first-order chi connectivity index (χ1) is 8.33. The van der Waals surface area contributed by atoms with E-state index in [2.05, 4.69) is 27.1 Å². The van der Waals surface area contributed by atoms with E-state index in [1.54, 1.807) is 0 Å². The lowest BCUT2D eigenvalue weighted by Crippen LogP contribution is -2.66. The number of hydrogen-bond acceptors (Lipinski definition) is 4. The quantitative estimate of drug-likeness (QED) is 0.711. The molecule has 0 aliphatic carbocycles. The highest BCUT2D eigenvalue weighted by molar-refractivity contribution is 4.94. The molecule has 3 rings (SSSR count). The highest BCUT2D eigenvalue weighted by Crippen LogP contribution is 2.22. The van der Waals surface area contributed by atoms with E-state index >= 15 is 0 Å². The Morgan fingerprint density at radius 2 is 1.71 bits per heavy atom. The zero-order chi connectivity index (χ0) is 11.7. The molecule has 1 N–H and O–H groups in total. The molecule has 4 heteroatoms. The molecule has 0 aromatic carbocycles. The molecule has 3 fully saturated rings. The summed E-state index contributed by atoms with van der Waals surface area (Å²) in [4.78, 5) is 7.83. The Labute approximate surface area is 105 Å².